The second-order valence-corrected chi connectivity index (χ2v) is 5.36. The fourth-order valence-corrected chi connectivity index (χ4v) is 2.78. The third kappa shape index (κ3) is 2.65. The maximum Gasteiger partial charge on any atom is 0.232 e. The van der Waals surface area contributed by atoms with Gasteiger partial charge in [0.1, 0.15) is 0 Å². The molecule has 1 aliphatic heterocycles. The number of rotatable bonds is 4. The van der Waals surface area contributed by atoms with Crippen molar-refractivity contribution in [3.05, 3.63) is 6.07 Å². The third-order valence-corrected chi connectivity index (χ3v) is 4.27. The van der Waals surface area contributed by atoms with E-state index in [1.807, 2.05) is 0 Å². The smallest absolute Gasteiger partial charge is 0.232 e. The van der Waals surface area contributed by atoms with E-state index in [0.29, 0.717) is 17.7 Å². The number of ether oxygens (including phenoxy) is 2. The minimum atomic E-state index is 0.549. The lowest BCUT2D eigenvalue weighted by atomic mass is 9.91. The first kappa shape index (κ1) is 13.4. The van der Waals surface area contributed by atoms with Gasteiger partial charge in [0, 0.05) is 32.2 Å². The number of piperazine rings is 1. The molecule has 2 heterocycles. The van der Waals surface area contributed by atoms with Crippen LogP contribution in [0, 0.1) is 0 Å². The predicted octanol–water partition coefficient (Wildman–Crippen LogP) is 1.17. The number of nitrogens with zero attached hydrogens (tertiary/aromatic N) is 4. The van der Waals surface area contributed by atoms with Crippen molar-refractivity contribution in [1.82, 2.24) is 14.9 Å². The predicted molar refractivity (Wildman–Crippen MR) is 76.6 cm³/mol. The van der Waals surface area contributed by atoms with Crippen LogP contribution < -0.4 is 14.4 Å². The monoisotopic (exact) mass is 278 g/mol. The van der Waals surface area contributed by atoms with Crippen molar-refractivity contribution in [2.45, 2.75) is 25.3 Å². The van der Waals surface area contributed by atoms with Gasteiger partial charge in [0.05, 0.1) is 20.3 Å². The van der Waals surface area contributed by atoms with Crippen molar-refractivity contribution in [1.29, 1.82) is 0 Å². The summed E-state index contributed by atoms with van der Waals surface area (Å²) >= 11 is 0. The van der Waals surface area contributed by atoms with Gasteiger partial charge in [-0.3, -0.25) is 4.90 Å². The lowest BCUT2D eigenvalue weighted by Gasteiger charge is -2.42. The highest BCUT2D eigenvalue weighted by Crippen LogP contribution is 2.27. The van der Waals surface area contributed by atoms with Gasteiger partial charge in [0.2, 0.25) is 17.7 Å². The maximum atomic E-state index is 5.21. The zero-order chi connectivity index (χ0) is 13.9. The van der Waals surface area contributed by atoms with Gasteiger partial charge in [-0.25, -0.2) is 0 Å². The Balaban J connectivity index is 1.67. The molecule has 1 aliphatic carbocycles. The highest BCUT2D eigenvalue weighted by molar-refractivity contribution is 5.37. The highest BCUT2D eigenvalue weighted by Gasteiger charge is 2.28. The molecule has 1 saturated heterocycles. The van der Waals surface area contributed by atoms with E-state index in [9.17, 15) is 0 Å². The number of aromatic nitrogens is 2. The van der Waals surface area contributed by atoms with Gasteiger partial charge in [0.15, 0.2) is 0 Å². The summed E-state index contributed by atoms with van der Waals surface area (Å²) in [4.78, 5) is 13.6. The van der Waals surface area contributed by atoms with Gasteiger partial charge in [-0.05, 0) is 12.8 Å². The number of methoxy groups -OCH3 is 2. The molecule has 2 aliphatic rings. The second-order valence-electron chi connectivity index (χ2n) is 5.36. The minimum absolute atomic E-state index is 0.549. The Morgan fingerprint density at radius 2 is 1.60 bits per heavy atom. The first-order valence-electron chi connectivity index (χ1n) is 7.26. The van der Waals surface area contributed by atoms with Crippen LogP contribution in [0.3, 0.4) is 0 Å². The van der Waals surface area contributed by atoms with Crippen LogP contribution in [0.5, 0.6) is 11.8 Å². The second kappa shape index (κ2) is 5.83. The van der Waals surface area contributed by atoms with Gasteiger partial charge >= 0.3 is 0 Å². The summed E-state index contributed by atoms with van der Waals surface area (Å²) in [5, 5.41) is 0. The summed E-state index contributed by atoms with van der Waals surface area (Å²) < 4.78 is 10.4. The quantitative estimate of drug-likeness (QED) is 0.824. The molecule has 20 heavy (non-hydrogen) atoms. The molecule has 0 radical (unpaired) electrons. The average Bonchev–Trinajstić information content (AvgIpc) is 2.45. The molecular weight excluding hydrogens is 256 g/mol. The van der Waals surface area contributed by atoms with Crippen molar-refractivity contribution >= 4 is 5.95 Å². The highest BCUT2D eigenvalue weighted by atomic mass is 16.5. The molecule has 0 amide bonds. The van der Waals surface area contributed by atoms with E-state index >= 15 is 0 Å². The Morgan fingerprint density at radius 1 is 1.00 bits per heavy atom. The average molecular weight is 278 g/mol. The van der Waals surface area contributed by atoms with E-state index in [4.69, 9.17) is 9.47 Å². The van der Waals surface area contributed by atoms with Crippen molar-refractivity contribution < 1.29 is 9.47 Å². The fourth-order valence-electron chi connectivity index (χ4n) is 2.78. The van der Waals surface area contributed by atoms with Gasteiger partial charge in [-0.2, -0.15) is 9.97 Å². The molecular formula is C14H22N4O2. The molecule has 3 rings (SSSR count). The maximum absolute atomic E-state index is 5.21. The van der Waals surface area contributed by atoms with Crippen molar-refractivity contribution in [2.75, 3.05) is 45.3 Å². The van der Waals surface area contributed by atoms with Gasteiger partial charge in [0.25, 0.3) is 0 Å². The zero-order valence-electron chi connectivity index (χ0n) is 12.2. The van der Waals surface area contributed by atoms with Gasteiger partial charge in [-0.15, -0.1) is 0 Å². The van der Waals surface area contributed by atoms with Crippen molar-refractivity contribution in [3.63, 3.8) is 0 Å². The molecule has 6 heteroatoms. The lowest BCUT2D eigenvalue weighted by molar-refractivity contribution is 0.120. The topological polar surface area (TPSA) is 50.7 Å². The van der Waals surface area contributed by atoms with Gasteiger partial charge < -0.3 is 14.4 Å². The van der Waals surface area contributed by atoms with Crippen LogP contribution in [-0.2, 0) is 0 Å². The summed E-state index contributed by atoms with van der Waals surface area (Å²) in [6, 6.07) is 2.52. The van der Waals surface area contributed by atoms with Crippen molar-refractivity contribution in [2.24, 2.45) is 0 Å². The summed E-state index contributed by atoms with van der Waals surface area (Å²) in [6.45, 7) is 4.11. The Morgan fingerprint density at radius 3 is 2.05 bits per heavy atom. The molecule has 1 aromatic rings. The molecule has 2 fully saturated rings. The summed E-state index contributed by atoms with van der Waals surface area (Å²) in [5.74, 6) is 1.80. The minimum Gasteiger partial charge on any atom is -0.481 e. The molecule has 0 bridgehead atoms. The number of anilines is 1. The summed E-state index contributed by atoms with van der Waals surface area (Å²) in [7, 11) is 3.22. The zero-order valence-corrected chi connectivity index (χ0v) is 12.2. The SMILES string of the molecule is COc1cc(OC)nc(N2CCN(C3CCC3)CC2)n1. The summed E-state index contributed by atoms with van der Waals surface area (Å²) in [5.41, 5.74) is 0. The van der Waals surface area contributed by atoms with E-state index in [1.165, 1.54) is 19.3 Å². The normalized spacial score (nSPS) is 20.6. The van der Waals surface area contributed by atoms with E-state index in [1.54, 1.807) is 20.3 Å². The lowest BCUT2D eigenvalue weighted by Crippen LogP contribution is -2.52. The fraction of sp³-hybridized carbons (Fsp3) is 0.714. The third-order valence-electron chi connectivity index (χ3n) is 4.27. The molecule has 110 valence electrons. The molecule has 1 saturated carbocycles. The first-order valence-corrected chi connectivity index (χ1v) is 7.26. The molecule has 0 spiro atoms. The molecule has 0 aromatic carbocycles. The number of hydrogen-bond acceptors (Lipinski definition) is 6. The standard InChI is InChI=1S/C14H22N4O2/c1-19-12-10-13(20-2)16-14(15-12)18-8-6-17(7-9-18)11-4-3-5-11/h10-11H,3-9H2,1-2H3. The van der Waals surface area contributed by atoms with Crippen LogP contribution in [0.4, 0.5) is 5.95 Å². The van der Waals surface area contributed by atoms with Crippen LogP contribution in [0.15, 0.2) is 6.07 Å². The van der Waals surface area contributed by atoms with Crippen LogP contribution in [0.25, 0.3) is 0 Å². The van der Waals surface area contributed by atoms with Gasteiger partial charge in [-0.1, -0.05) is 6.42 Å². The van der Waals surface area contributed by atoms with Crippen LogP contribution in [-0.4, -0.2) is 61.3 Å². The summed E-state index contributed by atoms with van der Waals surface area (Å²) in [6.07, 6.45) is 4.12. The van der Waals surface area contributed by atoms with E-state index in [-0.39, 0.29) is 0 Å². The van der Waals surface area contributed by atoms with E-state index in [0.717, 1.165) is 32.2 Å². The Kier molecular flexibility index (Phi) is 3.91. The Bertz CT molecular complexity index is 434. The molecule has 0 N–H and O–H groups in total. The van der Waals surface area contributed by atoms with Crippen LogP contribution in [0.1, 0.15) is 19.3 Å². The number of hydrogen-bond donors (Lipinski definition) is 0. The molecule has 0 unspecified atom stereocenters. The van der Waals surface area contributed by atoms with E-state index < -0.39 is 0 Å². The molecule has 0 atom stereocenters. The van der Waals surface area contributed by atoms with E-state index in [2.05, 4.69) is 19.8 Å². The van der Waals surface area contributed by atoms with Crippen molar-refractivity contribution in [3.8, 4) is 11.8 Å². The molecule has 6 nitrogen and oxygen atoms in total. The Hall–Kier alpha value is -1.56. The Labute approximate surface area is 119 Å². The molecule has 1 aromatic heterocycles. The first-order chi connectivity index (χ1) is 9.80. The van der Waals surface area contributed by atoms with Crippen LogP contribution >= 0.6 is 0 Å². The van der Waals surface area contributed by atoms with Crippen LogP contribution in [0.2, 0.25) is 0 Å². The largest absolute Gasteiger partial charge is 0.481 e.